The third kappa shape index (κ3) is 5.23. The van der Waals surface area contributed by atoms with Crippen LogP contribution in [0.1, 0.15) is 52.1 Å². The third-order valence-corrected chi connectivity index (χ3v) is 6.45. The molecule has 4 atom stereocenters. The van der Waals surface area contributed by atoms with Gasteiger partial charge in [-0.05, 0) is 37.8 Å². The van der Waals surface area contributed by atoms with Gasteiger partial charge in [0.15, 0.2) is 0 Å². The molecular formula is C24H36N4O4. The molecule has 8 heteroatoms. The van der Waals surface area contributed by atoms with Crippen molar-refractivity contribution >= 4 is 17.9 Å². The number of ether oxygens (including phenoxy) is 1. The molecule has 2 aliphatic heterocycles. The van der Waals surface area contributed by atoms with Crippen LogP contribution >= 0.6 is 0 Å². The number of hydrogen-bond donors (Lipinski definition) is 2. The SMILES string of the molecule is CN[C@@H](C)C(=O)N[C@H](C(=O)N1CCC[C@H]1CN1C(=O)OCC1c1ccccc1)C(C)(C)C. The van der Waals surface area contributed by atoms with Crippen LogP contribution in [0, 0.1) is 5.41 Å². The molecule has 0 bridgehead atoms. The highest BCUT2D eigenvalue weighted by atomic mass is 16.6. The van der Waals surface area contributed by atoms with Crippen molar-refractivity contribution in [2.75, 3.05) is 26.7 Å². The highest BCUT2D eigenvalue weighted by Crippen LogP contribution is 2.31. The van der Waals surface area contributed by atoms with Gasteiger partial charge in [0.25, 0.3) is 0 Å². The molecule has 8 nitrogen and oxygen atoms in total. The van der Waals surface area contributed by atoms with Crippen molar-refractivity contribution in [1.29, 1.82) is 0 Å². The Bertz CT molecular complexity index is 823. The average molecular weight is 445 g/mol. The second-order valence-electron chi connectivity index (χ2n) is 9.80. The Morgan fingerprint density at radius 1 is 1.22 bits per heavy atom. The fourth-order valence-corrected chi connectivity index (χ4v) is 4.36. The zero-order valence-corrected chi connectivity index (χ0v) is 19.8. The van der Waals surface area contributed by atoms with Gasteiger partial charge in [0.1, 0.15) is 12.6 Å². The summed E-state index contributed by atoms with van der Waals surface area (Å²) in [6, 6.07) is 8.51. The fourth-order valence-electron chi connectivity index (χ4n) is 4.36. The van der Waals surface area contributed by atoms with E-state index in [1.807, 2.05) is 56.0 Å². The minimum atomic E-state index is -0.651. The van der Waals surface area contributed by atoms with E-state index in [0.717, 1.165) is 18.4 Å². The van der Waals surface area contributed by atoms with E-state index in [1.165, 1.54) is 0 Å². The van der Waals surface area contributed by atoms with E-state index in [9.17, 15) is 14.4 Å². The first-order valence-electron chi connectivity index (χ1n) is 11.4. The first kappa shape index (κ1) is 24.0. The van der Waals surface area contributed by atoms with Gasteiger partial charge in [0, 0.05) is 19.1 Å². The predicted octanol–water partition coefficient (Wildman–Crippen LogP) is 2.31. The van der Waals surface area contributed by atoms with Crippen molar-refractivity contribution in [3.05, 3.63) is 35.9 Å². The number of likely N-dealkylation sites (N-methyl/N-ethyl adjacent to an activating group) is 1. The molecule has 3 rings (SSSR count). The predicted molar refractivity (Wildman–Crippen MR) is 122 cm³/mol. The number of benzene rings is 1. The van der Waals surface area contributed by atoms with Crippen molar-refractivity contribution in [2.45, 2.75) is 64.7 Å². The lowest BCUT2D eigenvalue weighted by Crippen LogP contribution is -2.59. The van der Waals surface area contributed by atoms with Gasteiger partial charge in [-0.3, -0.25) is 14.5 Å². The monoisotopic (exact) mass is 444 g/mol. The number of hydrogen-bond acceptors (Lipinski definition) is 5. The van der Waals surface area contributed by atoms with Crippen molar-refractivity contribution in [1.82, 2.24) is 20.4 Å². The van der Waals surface area contributed by atoms with Gasteiger partial charge in [0.05, 0.1) is 12.1 Å². The third-order valence-electron chi connectivity index (χ3n) is 6.45. The summed E-state index contributed by atoms with van der Waals surface area (Å²) in [5.41, 5.74) is 0.571. The Labute approximate surface area is 190 Å². The van der Waals surface area contributed by atoms with Crippen molar-refractivity contribution in [3.63, 3.8) is 0 Å². The van der Waals surface area contributed by atoms with Gasteiger partial charge in [-0.1, -0.05) is 51.1 Å². The van der Waals surface area contributed by atoms with Crippen LogP contribution in [0.25, 0.3) is 0 Å². The van der Waals surface area contributed by atoms with Crippen LogP contribution in [0.15, 0.2) is 30.3 Å². The van der Waals surface area contributed by atoms with Crippen LogP contribution in [0.3, 0.4) is 0 Å². The molecule has 2 N–H and O–H groups in total. The van der Waals surface area contributed by atoms with Crippen LogP contribution < -0.4 is 10.6 Å². The molecule has 176 valence electrons. The molecule has 2 heterocycles. The zero-order chi connectivity index (χ0) is 23.5. The molecule has 0 radical (unpaired) electrons. The number of nitrogens with zero attached hydrogens (tertiary/aromatic N) is 2. The summed E-state index contributed by atoms with van der Waals surface area (Å²) in [6.45, 7) is 8.97. The van der Waals surface area contributed by atoms with E-state index in [0.29, 0.717) is 19.7 Å². The summed E-state index contributed by atoms with van der Waals surface area (Å²) < 4.78 is 5.35. The first-order chi connectivity index (χ1) is 15.1. The maximum atomic E-state index is 13.6. The molecule has 3 amide bonds. The van der Waals surface area contributed by atoms with E-state index in [1.54, 1.807) is 18.9 Å². The Balaban J connectivity index is 1.76. The number of amides is 3. The lowest BCUT2D eigenvalue weighted by atomic mass is 9.85. The highest BCUT2D eigenvalue weighted by molar-refractivity contribution is 5.90. The molecule has 1 unspecified atom stereocenters. The van der Waals surface area contributed by atoms with E-state index >= 15 is 0 Å². The number of nitrogens with one attached hydrogen (secondary N) is 2. The van der Waals surface area contributed by atoms with Crippen molar-refractivity contribution in [2.24, 2.45) is 5.41 Å². The Morgan fingerprint density at radius 2 is 1.91 bits per heavy atom. The summed E-state index contributed by atoms with van der Waals surface area (Å²) in [6.07, 6.45) is 1.34. The van der Waals surface area contributed by atoms with Gasteiger partial charge >= 0.3 is 6.09 Å². The number of carbonyl (C=O) groups is 3. The number of cyclic esters (lactones) is 1. The van der Waals surface area contributed by atoms with Crippen molar-refractivity contribution in [3.8, 4) is 0 Å². The van der Waals surface area contributed by atoms with Crippen LogP contribution in [0.4, 0.5) is 4.79 Å². The van der Waals surface area contributed by atoms with E-state index in [2.05, 4.69) is 10.6 Å². The summed E-state index contributed by atoms with van der Waals surface area (Å²) in [7, 11) is 1.72. The Hall–Kier alpha value is -2.61. The first-order valence-corrected chi connectivity index (χ1v) is 11.4. The molecule has 0 aromatic heterocycles. The summed E-state index contributed by atoms with van der Waals surface area (Å²) in [5, 5.41) is 5.86. The molecule has 2 fully saturated rings. The summed E-state index contributed by atoms with van der Waals surface area (Å²) in [5.74, 6) is -0.302. The standard InChI is InChI=1S/C24H36N4O4/c1-16(25-5)21(29)26-20(24(2,3)4)22(30)27-13-9-12-18(27)14-28-19(15-32-23(28)31)17-10-7-6-8-11-17/h6-8,10-11,16,18-20,25H,9,12-15H2,1-5H3,(H,26,29)/t16-,18-,19?,20+/m0/s1. The smallest absolute Gasteiger partial charge is 0.410 e. The summed E-state index contributed by atoms with van der Waals surface area (Å²) in [4.78, 5) is 42.2. The van der Waals surface area contributed by atoms with Crippen LogP contribution in [0.5, 0.6) is 0 Å². The molecule has 0 saturated carbocycles. The zero-order valence-electron chi connectivity index (χ0n) is 19.8. The highest BCUT2D eigenvalue weighted by Gasteiger charge is 2.43. The minimum Gasteiger partial charge on any atom is -0.447 e. The molecule has 2 aliphatic rings. The Morgan fingerprint density at radius 3 is 2.53 bits per heavy atom. The number of carbonyl (C=O) groups excluding carboxylic acids is 3. The van der Waals surface area contributed by atoms with Gasteiger partial charge in [-0.2, -0.15) is 0 Å². The lowest BCUT2D eigenvalue weighted by molar-refractivity contribution is -0.140. The van der Waals surface area contributed by atoms with Crippen molar-refractivity contribution < 1.29 is 19.1 Å². The average Bonchev–Trinajstić information content (AvgIpc) is 3.37. The maximum Gasteiger partial charge on any atom is 0.410 e. The lowest BCUT2D eigenvalue weighted by Gasteiger charge is -2.37. The van der Waals surface area contributed by atoms with Gasteiger partial charge in [-0.15, -0.1) is 0 Å². The van der Waals surface area contributed by atoms with E-state index in [-0.39, 0.29) is 30.0 Å². The van der Waals surface area contributed by atoms with Crippen LogP contribution in [0.2, 0.25) is 0 Å². The molecule has 1 aromatic rings. The quantitative estimate of drug-likeness (QED) is 0.674. The van der Waals surface area contributed by atoms with E-state index in [4.69, 9.17) is 4.74 Å². The molecule has 1 aromatic carbocycles. The maximum absolute atomic E-state index is 13.6. The second kappa shape index (κ2) is 9.90. The molecule has 32 heavy (non-hydrogen) atoms. The van der Waals surface area contributed by atoms with Gasteiger partial charge in [-0.25, -0.2) is 4.79 Å². The Kier molecular flexibility index (Phi) is 7.44. The number of rotatable bonds is 7. The number of likely N-dealkylation sites (tertiary alicyclic amines) is 1. The largest absolute Gasteiger partial charge is 0.447 e. The second-order valence-corrected chi connectivity index (χ2v) is 9.80. The normalized spacial score (nSPS) is 23.1. The fraction of sp³-hybridized carbons (Fsp3) is 0.625. The van der Waals surface area contributed by atoms with E-state index < -0.39 is 17.5 Å². The molecule has 2 saturated heterocycles. The van der Waals surface area contributed by atoms with Gasteiger partial charge in [0.2, 0.25) is 11.8 Å². The summed E-state index contributed by atoms with van der Waals surface area (Å²) >= 11 is 0. The topological polar surface area (TPSA) is 91.0 Å². The van der Waals surface area contributed by atoms with Crippen LogP contribution in [-0.2, 0) is 14.3 Å². The molecule has 0 aliphatic carbocycles. The molecular weight excluding hydrogens is 408 g/mol. The minimum absolute atomic E-state index is 0.0968. The van der Waals surface area contributed by atoms with Crippen LogP contribution in [-0.4, -0.2) is 72.6 Å². The van der Waals surface area contributed by atoms with Gasteiger partial charge < -0.3 is 20.3 Å². The molecule has 0 spiro atoms.